The Morgan fingerprint density at radius 3 is 2.78 bits per heavy atom. The molecule has 0 bridgehead atoms. The second kappa shape index (κ2) is 8.05. The highest BCUT2D eigenvalue weighted by atomic mass is 32.1. The second-order valence-electron chi connectivity index (χ2n) is 7.13. The molecule has 0 unspecified atom stereocenters. The van der Waals surface area contributed by atoms with E-state index in [1.54, 1.807) is 23.7 Å². The van der Waals surface area contributed by atoms with E-state index in [4.69, 9.17) is 4.98 Å². The Hall–Kier alpha value is -2.47. The number of hydrogen-bond donors (Lipinski definition) is 1. The smallest absolute Gasteiger partial charge is 0.223 e. The van der Waals surface area contributed by atoms with Crippen LogP contribution in [-0.2, 0) is 11.2 Å². The van der Waals surface area contributed by atoms with Crippen molar-refractivity contribution in [3.63, 3.8) is 0 Å². The van der Waals surface area contributed by atoms with E-state index in [1.165, 1.54) is 15.8 Å². The van der Waals surface area contributed by atoms with Gasteiger partial charge in [0, 0.05) is 37.9 Å². The predicted molar refractivity (Wildman–Crippen MR) is 110 cm³/mol. The van der Waals surface area contributed by atoms with Crippen molar-refractivity contribution < 1.29 is 4.79 Å². The molecule has 6 heteroatoms. The van der Waals surface area contributed by atoms with Crippen LogP contribution in [0.1, 0.15) is 24.0 Å². The molecule has 140 valence electrons. The summed E-state index contributed by atoms with van der Waals surface area (Å²) in [5.74, 6) is 0.291. The summed E-state index contributed by atoms with van der Waals surface area (Å²) in [5, 5.41) is 4.17. The van der Waals surface area contributed by atoms with Crippen LogP contribution in [0.3, 0.4) is 0 Å². The number of fused-ring (bicyclic) bond motifs is 1. The molecule has 0 atom stereocenters. The summed E-state index contributed by atoms with van der Waals surface area (Å²) in [6, 6.07) is 10.4. The number of amides is 1. The maximum Gasteiger partial charge on any atom is 0.223 e. The summed E-state index contributed by atoms with van der Waals surface area (Å²) in [7, 11) is 0. The normalized spacial score (nSPS) is 15.2. The van der Waals surface area contributed by atoms with Gasteiger partial charge >= 0.3 is 0 Å². The van der Waals surface area contributed by atoms with E-state index in [-0.39, 0.29) is 11.8 Å². The van der Waals surface area contributed by atoms with E-state index in [2.05, 4.69) is 40.3 Å². The van der Waals surface area contributed by atoms with Gasteiger partial charge in [0.1, 0.15) is 0 Å². The van der Waals surface area contributed by atoms with E-state index in [0.29, 0.717) is 6.54 Å². The van der Waals surface area contributed by atoms with Crippen molar-refractivity contribution in [2.75, 3.05) is 24.5 Å². The average molecular weight is 381 g/mol. The molecule has 1 aliphatic heterocycles. The van der Waals surface area contributed by atoms with Crippen LogP contribution in [-0.4, -0.2) is 35.5 Å². The number of aromatic nitrogens is 2. The maximum absolute atomic E-state index is 12.5. The zero-order valence-corrected chi connectivity index (χ0v) is 16.3. The number of benzene rings is 1. The van der Waals surface area contributed by atoms with Gasteiger partial charge in [0.05, 0.1) is 10.2 Å². The summed E-state index contributed by atoms with van der Waals surface area (Å²) >= 11 is 1.75. The van der Waals surface area contributed by atoms with Crippen LogP contribution in [0.5, 0.6) is 0 Å². The summed E-state index contributed by atoms with van der Waals surface area (Å²) in [4.78, 5) is 23.6. The molecule has 2 aromatic heterocycles. The Labute approximate surface area is 163 Å². The van der Waals surface area contributed by atoms with E-state index in [9.17, 15) is 4.79 Å². The van der Waals surface area contributed by atoms with Crippen molar-refractivity contribution in [3.05, 3.63) is 53.9 Å². The number of nitrogens with zero attached hydrogens (tertiary/aromatic N) is 3. The lowest BCUT2D eigenvalue weighted by Crippen LogP contribution is -2.41. The van der Waals surface area contributed by atoms with Crippen LogP contribution in [0, 0.1) is 12.8 Å². The zero-order chi connectivity index (χ0) is 18.6. The SMILES string of the molecule is Cc1ccc2nc(N3CCC(C(=O)NCCc4ccncc4)CC3)sc2c1. The zero-order valence-electron chi connectivity index (χ0n) is 15.5. The Morgan fingerprint density at radius 2 is 2.00 bits per heavy atom. The van der Waals surface area contributed by atoms with Gasteiger partial charge in [-0.05, 0) is 61.6 Å². The minimum Gasteiger partial charge on any atom is -0.356 e. The summed E-state index contributed by atoms with van der Waals surface area (Å²) in [6.07, 6.45) is 6.19. The highest BCUT2D eigenvalue weighted by Crippen LogP contribution is 2.32. The molecule has 0 aliphatic carbocycles. The molecule has 1 aromatic carbocycles. The van der Waals surface area contributed by atoms with Gasteiger partial charge in [-0.3, -0.25) is 9.78 Å². The number of nitrogens with one attached hydrogen (secondary N) is 1. The van der Waals surface area contributed by atoms with Gasteiger partial charge in [-0.2, -0.15) is 0 Å². The topological polar surface area (TPSA) is 58.1 Å². The molecule has 3 heterocycles. The van der Waals surface area contributed by atoms with Crippen molar-refractivity contribution >= 4 is 32.6 Å². The van der Waals surface area contributed by atoms with Gasteiger partial charge in [-0.1, -0.05) is 17.4 Å². The van der Waals surface area contributed by atoms with Crippen LogP contribution in [0.4, 0.5) is 5.13 Å². The fourth-order valence-corrected chi connectivity index (χ4v) is 4.63. The molecule has 0 spiro atoms. The lowest BCUT2D eigenvalue weighted by Gasteiger charge is -2.31. The van der Waals surface area contributed by atoms with Crippen LogP contribution in [0.2, 0.25) is 0 Å². The molecular formula is C21H24N4OS. The van der Waals surface area contributed by atoms with Gasteiger partial charge in [-0.25, -0.2) is 4.98 Å². The maximum atomic E-state index is 12.5. The lowest BCUT2D eigenvalue weighted by molar-refractivity contribution is -0.125. The highest BCUT2D eigenvalue weighted by molar-refractivity contribution is 7.22. The van der Waals surface area contributed by atoms with Gasteiger partial charge in [-0.15, -0.1) is 0 Å². The third-order valence-electron chi connectivity index (χ3n) is 5.13. The molecule has 0 saturated carbocycles. The number of carbonyl (C=O) groups is 1. The molecule has 4 rings (SSSR count). The molecular weight excluding hydrogens is 356 g/mol. The number of hydrogen-bond acceptors (Lipinski definition) is 5. The molecule has 5 nitrogen and oxygen atoms in total. The number of aryl methyl sites for hydroxylation is 1. The minimum absolute atomic E-state index is 0.107. The Kier molecular flexibility index (Phi) is 5.34. The summed E-state index contributed by atoms with van der Waals surface area (Å²) < 4.78 is 1.24. The van der Waals surface area contributed by atoms with Gasteiger partial charge in [0.25, 0.3) is 0 Å². The van der Waals surface area contributed by atoms with Crippen LogP contribution < -0.4 is 10.2 Å². The van der Waals surface area contributed by atoms with E-state index >= 15 is 0 Å². The molecule has 1 N–H and O–H groups in total. The third kappa shape index (κ3) is 4.27. The van der Waals surface area contributed by atoms with Gasteiger partial charge in [0.15, 0.2) is 5.13 Å². The Morgan fingerprint density at radius 1 is 1.22 bits per heavy atom. The predicted octanol–water partition coefficient (Wildman–Crippen LogP) is 3.58. The quantitative estimate of drug-likeness (QED) is 0.735. The molecule has 1 fully saturated rings. The number of pyridine rings is 1. The summed E-state index contributed by atoms with van der Waals surface area (Å²) in [6.45, 7) is 4.57. The van der Waals surface area contributed by atoms with Crippen LogP contribution in [0.15, 0.2) is 42.7 Å². The summed E-state index contributed by atoms with van der Waals surface area (Å²) in [5.41, 5.74) is 3.53. The molecule has 1 amide bonds. The van der Waals surface area contributed by atoms with E-state index < -0.39 is 0 Å². The second-order valence-corrected chi connectivity index (χ2v) is 8.13. The fraction of sp³-hybridized carbons (Fsp3) is 0.381. The number of rotatable bonds is 5. The molecule has 1 aliphatic rings. The van der Waals surface area contributed by atoms with Crippen LogP contribution >= 0.6 is 11.3 Å². The fourth-order valence-electron chi connectivity index (χ4n) is 3.51. The molecule has 27 heavy (non-hydrogen) atoms. The van der Waals surface area contributed by atoms with E-state index in [1.807, 2.05) is 12.1 Å². The number of piperidine rings is 1. The monoisotopic (exact) mass is 380 g/mol. The first-order valence-corrected chi connectivity index (χ1v) is 10.3. The van der Waals surface area contributed by atoms with E-state index in [0.717, 1.165) is 43.0 Å². The standard InChI is InChI=1S/C21H24N4OS/c1-15-2-3-18-19(14-15)27-21(24-18)25-12-7-17(8-13-25)20(26)23-11-6-16-4-9-22-10-5-16/h2-5,9-10,14,17H,6-8,11-13H2,1H3,(H,23,26). The first-order chi connectivity index (χ1) is 13.2. The van der Waals surface area contributed by atoms with Crippen molar-refractivity contribution in [2.24, 2.45) is 5.92 Å². The highest BCUT2D eigenvalue weighted by Gasteiger charge is 2.26. The number of carbonyl (C=O) groups excluding carboxylic acids is 1. The Balaban J connectivity index is 1.28. The Bertz CT molecular complexity index is 916. The first-order valence-electron chi connectivity index (χ1n) is 9.48. The third-order valence-corrected chi connectivity index (χ3v) is 6.21. The largest absolute Gasteiger partial charge is 0.356 e. The minimum atomic E-state index is 0.107. The number of thiazole rings is 1. The van der Waals surface area contributed by atoms with Gasteiger partial charge < -0.3 is 10.2 Å². The number of anilines is 1. The van der Waals surface area contributed by atoms with Crippen molar-refractivity contribution in [3.8, 4) is 0 Å². The average Bonchev–Trinajstić information content (AvgIpc) is 3.12. The molecule has 3 aromatic rings. The molecule has 1 saturated heterocycles. The van der Waals surface area contributed by atoms with Gasteiger partial charge in [0.2, 0.25) is 5.91 Å². The van der Waals surface area contributed by atoms with Crippen molar-refractivity contribution in [1.82, 2.24) is 15.3 Å². The van der Waals surface area contributed by atoms with Crippen molar-refractivity contribution in [1.29, 1.82) is 0 Å². The first kappa shape index (κ1) is 17.9. The lowest BCUT2D eigenvalue weighted by atomic mass is 9.96. The van der Waals surface area contributed by atoms with Crippen LogP contribution in [0.25, 0.3) is 10.2 Å². The molecule has 0 radical (unpaired) electrons. The van der Waals surface area contributed by atoms with Crippen molar-refractivity contribution in [2.45, 2.75) is 26.2 Å².